The van der Waals surface area contributed by atoms with E-state index in [2.05, 4.69) is 10.5 Å². The topological polar surface area (TPSA) is 41.5 Å². The van der Waals surface area contributed by atoms with Crippen molar-refractivity contribution in [2.24, 2.45) is 5.10 Å². The number of rotatable bonds is 3. The van der Waals surface area contributed by atoms with Crippen LogP contribution in [0.4, 0.5) is 4.39 Å². The van der Waals surface area contributed by atoms with Gasteiger partial charge in [-0.15, -0.1) is 11.3 Å². The van der Waals surface area contributed by atoms with Gasteiger partial charge in [-0.3, -0.25) is 4.79 Å². The summed E-state index contributed by atoms with van der Waals surface area (Å²) in [6, 6.07) is 11.0. The molecule has 0 bridgehead atoms. The van der Waals surface area contributed by atoms with Crippen LogP contribution in [0.3, 0.4) is 0 Å². The van der Waals surface area contributed by atoms with Gasteiger partial charge in [-0.1, -0.05) is 41.4 Å². The molecule has 3 aromatic rings. The number of nitrogens with one attached hydrogen (secondary N) is 1. The number of halogens is 3. The van der Waals surface area contributed by atoms with Crippen molar-refractivity contribution in [3.63, 3.8) is 0 Å². The van der Waals surface area contributed by atoms with Crippen LogP contribution in [0.25, 0.3) is 10.1 Å². The number of hydrogen-bond donors (Lipinski definition) is 1. The van der Waals surface area contributed by atoms with E-state index in [-0.39, 0.29) is 5.82 Å². The van der Waals surface area contributed by atoms with E-state index in [9.17, 15) is 9.18 Å². The van der Waals surface area contributed by atoms with Gasteiger partial charge in [0.1, 0.15) is 10.7 Å². The maximum atomic E-state index is 12.8. The minimum Gasteiger partial charge on any atom is -0.266 e. The number of nitrogens with zero attached hydrogens (tertiary/aromatic N) is 1. The maximum absolute atomic E-state index is 12.8. The van der Waals surface area contributed by atoms with Gasteiger partial charge in [-0.05, 0) is 29.8 Å². The van der Waals surface area contributed by atoms with E-state index in [4.69, 9.17) is 23.2 Å². The summed E-state index contributed by atoms with van der Waals surface area (Å²) in [6.45, 7) is 0. The zero-order valence-electron chi connectivity index (χ0n) is 11.5. The van der Waals surface area contributed by atoms with Crippen molar-refractivity contribution in [2.45, 2.75) is 0 Å². The molecule has 0 atom stereocenters. The van der Waals surface area contributed by atoms with Crippen molar-refractivity contribution >= 4 is 56.7 Å². The third kappa shape index (κ3) is 3.52. The van der Waals surface area contributed by atoms with E-state index in [1.165, 1.54) is 29.7 Å². The molecule has 7 heteroatoms. The molecule has 23 heavy (non-hydrogen) atoms. The van der Waals surface area contributed by atoms with Crippen LogP contribution < -0.4 is 5.43 Å². The molecule has 3 nitrogen and oxygen atoms in total. The predicted octanol–water partition coefficient (Wildman–Crippen LogP) is 5.11. The number of carbonyl (C=O) groups is 1. The van der Waals surface area contributed by atoms with Crippen molar-refractivity contribution in [1.29, 1.82) is 0 Å². The lowest BCUT2D eigenvalue weighted by atomic mass is 10.2. The van der Waals surface area contributed by atoms with Crippen molar-refractivity contribution in [3.8, 4) is 0 Å². The van der Waals surface area contributed by atoms with Crippen LogP contribution >= 0.6 is 34.5 Å². The smallest absolute Gasteiger partial charge is 0.266 e. The summed E-state index contributed by atoms with van der Waals surface area (Å²) in [7, 11) is 0. The average molecular weight is 367 g/mol. The van der Waals surface area contributed by atoms with Gasteiger partial charge >= 0.3 is 0 Å². The molecule has 0 aliphatic heterocycles. The van der Waals surface area contributed by atoms with Crippen LogP contribution in [0.5, 0.6) is 0 Å². The van der Waals surface area contributed by atoms with E-state index in [0.717, 1.165) is 10.1 Å². The van der Waals surface area contributed by atoms with Crippen LogP contribution in [0.1, 0.15) is 15.2 Å². The Labute approximate surface area is 145 Å². The van der Waals surface area contributed by atoms with Gasteiger partial charge in [0.15, 0.2) is 0 Å². The third-order valence-electron chi connectivity index (χ3n) is 3.05. The Bertz CT molecular complexity index is 906. The molecule has 116 valence electrons. The van der Waals surface area contributed by atoms with Gasteiger partial charge in [0.25, 0.3) is 5.91 Å². The van der Waals surface area contributed by atoms with Crippen molar-refractivity contribution in [3.05, 3.63) is 68.8 Å². The molecule has 0 fully saturated rings. The van der Waals surface area contributed by atoms with E-state index in [1.807, 2.05) is 0 Å². The molecular formula is C16H9Cl2FN2OS. The van der Waals surface area contributed by atoms with Gasteiger partial charge < -0.3 is 0 Å². The van der Waals surface area contributed by atoms with Crippen LogP contribution in [-0.4, -0.2) is 12.1 Å². The summed E-state index contributed by atoms with van der Waals surface area (Å²) < 4.78 is 13.6. The Morgan fingerprint density at radius 1 is 1.17 bits per heavy atom. The first-order chi connectivity index (χ1) is 11.0. The predicted molar refractivity (Wildman–Crippen MR) is 93.3 cm³/mol. The molecule has 0 unspecified atom stereocenters. The summed E-state index contributed by atoms with van der Waals surface area (Å²) in [6.07, 6.45) is 1.43. The lowest BCUT2D eigenvalue weighted by molar-refractivity contribution is 0.0959. The van der Waals surface area contributed by atoms with Crippen LogP contribution in [0.15, 0.2) is 47.6 Å². The Kier molecular flexibility index (Phi) is 4.61. The number of hydrazone groups is 1. The molecule has 0 saturated carbocycles. The maximum Gasteiger partial charge on any atom is 0.283 e. The number of carbonyl (C=O) groups excluding carboxylic acids is 1. The SMILES string of the molecule is O=C(N/N=C/c1ccc(F)cc1)c1sc2cc(Cl)ccc2c1Cl. The highest BCUT2D eigenvalue weighted by atomic mass is 35.5. The number of fused-ring (bicyclic) bond motifs is 1. The molecular weight excluding hydrogens is 358 g/mol. The Morgan fingerprint density at radius 3 is 2.65 bits per heavy atom. The van der Waals surface area contributed by atoms with Gasteiger partial charge in [0.05, 0.1) is 11.2 Å². The molecule has 1 aromatic heterocycles. The molecule has 0 spiro atoms. The molecule has 0 aliphatic carbocycles. The minimum atomic E-state index is -0.411. The number of hydrogen-bond acceptors (Lipinski definition) is 3. The van der Waals surface area contributed by atoms with E-state index >= 15 is 0 Å². The molecule has 3 rings (SSSR count). The molecule has 0 saturated heterocycles. The van der Waals surface area contributed by atoms with Gasteiger partial charge in [-0.2, -0.15) is 5.10 Å². The lowest BCUT2D eigenvalue weighted by Crippen LogP contribution is -2.16. The second-order valence-corrected chi connectivity index (χ2v) is 6.50. The fourth-order valence-corrected chi connectivity index (χ4v) is 3.63. The van der Waals surface area contributed by atoms with Crippen molar-refractivity contribution in [2.75, 3.05) is 0 Å². The molecule has 2 aromatic carbocycles. The Hall–Kier alpha value is -1.95. The van der Waals surface area contributed by atoms with Crippen LogP contribution in [0.2, 0.25) is 10.0 Å². The number of amides is 1. The quantitative estimate of drug-likeness (QED) is 0.507. The average Bonchev–Trinajstić information content (AvgIpc) is 2.85. The second kappa shape index (κ2) is 6.66. The molecule has 0 aliphatic rings. The minimum absolute atomic E-state index is 0.332. The molecule has 1 amide bonds. The Morgan fingerprint density at radius 2 is 1.91 bits per heavy atom. The zero-order valence-corrected chi connectivity index (χ0v) is 13.8. The zero-order chi connectivity index (χ0) is 16.4. The first-order valence-corrected chi connectivity index (χ1v) is 8.08. The van der Waals surface area contributed by atoms with Crippen LogP contribution in [-0.2, 0) is 0 Å². The molecule has 0 radical (unpaired) electrons. The molecule has 1 N–H and O–H groups in total. The van der Waals surface area contributed by atoms with E-state index in [1.54, 1.807) is 30.3 Å². The normalized spacial score (nSPS) is 11.3. The van der Waals surface area contributed by atoms with E-state index in [0.29, 0.717) is 20.5 Å². The third-order valence-corrected chi connectivity index (χ3v) is 4.94. The van der Waals surface area contributed by atoms with Crippen molar-refractivity contribution < 1.29 is 9.18 Å². The fraction of sp³-hybridized carbons (Fsp3) is 0. The summed E-state index contributed by atoms with van der Waals surface area (Å²) in [5, 5.41) is 5.58. The standard InChI is InChI=1S/C16H9Cl2FN2OS/c17-10-3-6-12-13(7-10)23-15(14(12)18)16(22)21-20-8-9-1-4-11(19)5-2-9/h1-8H,(H,21,22)/b20-8+. The summed E-state index contributed by atoms with van der Waals surface area (Å²) >= 11 is 13.4. The van der Waals surface area contributed by atoms with Gasteiger partial charge in [0.2, 0.25) is 0 Å². The van der Waals surface area contributed by atoms with Gasteiger partial charge in [-0.25, -0.2) is 9.82 Å². The first-order valence-electron chi connectivity index (χ1n) is 6.51. The summed E-state index contributed by atoms with van der Waals surface area (Å²) in [5.41, 5.74) is 3.08. The summed E-state index contributed by atoms with van der Waals surface area (Å²) in [5.74, 6) is -0.743. The van der Waals surface area contributed by atoms with Gasteiger partial charge in [0, 0.05) is 15.1 Å². The first kappa shape index (κ1) is 15.9. The fourth-order valence-electron chi connectivity index (χ4n) is 1.95. The lowest BCUT2D eigenvalue weighted by Gasteiger charge is -1.97. The Balaban J connectivity index is 1.78. The van der Waals surface area contributed by atoms with Crippen molar-refractivity contribution in [1.82, 2.24) is 5.43 Å². The number of thiophene rings is 1. The highest BCUT2D eigenvalue weighted by Gasteiger charge is 2.16. The number of benzene rings is 2. The molecule has 1 heterocycles. The highest BCUT2D eigenvalue weighted by Crippen LogP contribution is 2.36. The highest BCUT2D eigenvalue weighted by molar-refractivity contribution is 7.21. The van der Waals surface area contributed by atoms with E-state index < -0.39 is 5.91 Å². The monoisotopic (exact) mass is 366 g/mol. The summed E-state index contributed by atoms with van der Waals surface area (Å²) in [4.78, 5) is 12.5. The van der Waals surface area contributed by atoms with Crippen LogP contribution in [0, 0.1) is 5.82 Å². The largest absolute Gasteiger partial charge is 0.283 e. The second-order valence-electron chi connectivity index (χ2n) is 4.64.